The van der Waals surface area contributed by atoms with Crippen molar-refractivity contribution in [1.82, 2.24) is 4.98 Å². The molecule has 0 fully saturated rings. The zero-order chi connectivity index (χ0) is 20.8. The molecule has 1 aliphatic carbocycles. The van der Waals surface area contributed by atoms with Crippen LogP contribution in [-0.2, 0) is 4.79 Å². The Morgan fingerprint density at radius 1 is 0.774 bits per heavy atom. The molecule has 31 heavy (non-hydrogen) atoms. The lowest BCUT2D eigenvalue weighted by atomic mass is 9.78. The second-order valence-electron chi connectivity index (χ2n) is 8.37. The van der Waals surface area contributed by atoms with Gasteiger partial charge >= 0.3 is 0 Å². The van der Waals surface area contributed by atoms with Gasteiger partial charge in [-0.05, 0) is 36.1 Å². The first-order valence-electron chi connectivity index (χ1n) is 10.8. The number of fused-ring (bicyclic) bond motifs is 2. The first-order valence-corrected chi connectivity index (χ1v) is 10.8. The Bertz CT molecular complexity index is 1320. The summed E-state index contributed by atoms with van der Waals surface area (Å²) in [6.07, 6.45) is 3.39. The number of benzene rings is 3. The molecular formula is C27H23N3O. The lowest BCUT2D eigenvalue weighted by molar-refractivity contribution is -0.116. The van der Waals surface area contributed by atoms with E-state index < -0.39 is 0 Å². The number of aromatic nitrogens is 1. The fourth-order valence-electron chi connectivity index (χ4n) is 5.02. The van der Waals surface area contributed by atoms with Gasteiger partial charge in [0.2, 0.25) is 0 Å². The molecule has 0 saturated heterocycles. The Hall–Kier alpha value is -3.79. The van der Waals surface area contributed by atoms with Crippen LogP contribution >= 0.6 is 0 Å². The van der Waals surface area contributed by atoms with E-state index in [1.54, 1.807) is 0 Å². The molecule has 2 heterocycles. The first-order chi connectivity index (χ1) is 15.3. The third-order valence-electron chi connectivity index (χ3n) is 6.51. The number of carbonyl (C=O) groups excluding carboxylic acids is 1. The number of aromatic amines is 1. The summed E-state index contributed by atoms with van der Waals surface area (Å²) in [5.74, 6) is 0.395. The molecule has 0 amide bonds. The monoisotopic (exact) mass is 405 g/mol. The van der Waals surface area contributed by atoms with Gasteiger partial charge in [-0.1, -0.05) is 60.7 Å². The summed E-state index contributed by atoms with van der Waals surface area (Å²) in [7, 11) is 0. The van der Waals surface area contributed by atoms with E-state index in [1.165, 1.54) is 5.56 Å². The fourth-order valence-corrected chi connectivity index (χ4v) is 5.02. The van der Waals surface area contributed by atoms with Crippen LogP contribution in [0.2, 0.25) is 0 Å². The van der Waals surface area contributed by atoms with E-state index >= 15 is 0 Å². The number of hydrogen-bond acceptors (Lipinski definition) is 3. The first kappa shape index (κ1) is 18.0. The van der Waals surface area contributed by atoms with Gasteiger partial charge in [0, 0.05) is 40.4 Å². The predicted octanol–water partition coefficient (Wildman–Crippen LogP) is 6.15. The number of carbonyl (C=O) groups is 1. The largest absolute Gasteiger partial charge is 0.372 e. The highest BCUT2D eigenvalue weighted by molar-refractivity contribution is 6.02. The van der Waals surface area contributed by atoms with Crippen LogP contribution in [0.3, 0.4) is 0 Å². The van der Waals surface area contributed by atoms with Gasteiger partial charge in [-0.25, -0.2) is 0 Å². The number of rotatable bonds is 2. The molecule has 152 valence electrons. The van der Waals surface area contributed by atoms with E-state index in [2.05, 4.69) is 64.1 Å². The number of H-pyrrole nitrogens is 1. The maximum atomic E-state index is 13.6. The molecule has 6 rings (SSSR count). The zero-order valence-corrected chi connectivity index (χ0v) is 17.1. The number of nitrogens with one attached hydrogen (secondary N) is 3. The third kappa shape index (κ3) is 3.03. The van der Waals surface area contributed by atoms with Crippen LogP contribution in [0.25, 0.3) is 10.9 Å². The van der Waals surface area contributed by atoms with Gasteiger partial charge in [0.1, 0.15) is 0 Å². The number of hydrogen-bond donors (Lipinski definition) is 3. The number of para-hydroxylation sites is 3. The summed E-state index contributed by atoms with van der Waals surface area (Å²) in [6, 6.07) is 26.6. The summed E-state index contributed by atoms with van der Waals surface area (Å²) in [4.78, 5) is 17.0. The van der Waals surface area contributed by atoms with E-state index in [0.717, 1.165) is 45.5 Å². The molecule has 1 aromatic heterocycles. The molecule has 4 aromatic rings. The summed E-state index contributed by atoms with van der Waals surface area (Å²) in [5.41, 5.74) is 7.31. The molecule has 3 N–H and O–H groups in total. The van der Waals surface area contributed by atoms with Gasteiger partial charge in [-0.2, -0.15) is 0 Å². The molecule has 0 unspecified atom stereocenters. The van der Waals surface area contributed by atoms with Crippen LogP contribution < -0.4 is 10.6 Å². The van der Waals surface area contributed by atoms with Crippen molar-refractivity contribution in [1.29, 1.82) is 0 Å². The van der Waals surface area contributed by atoms with Crippen LogP contribution in [0, 0.1) is 0 Å². The molecule has 0 radical (unpaired) electrons. The topological polar surface area (TPSA) is 56.9 Å². The van der Waals surface area contributed by atoms with E-state index in [4.69, 9.17) is 0 Å². The van der Waals surface area contributed by atoms with Crippen molar-refractivity contribution in [3.8, 4) is 0 Å². The van der Waals surface area contributed by atoms with Crippen LogP contribution in [0.4, 0.5) is 11.4 Å². The van der Waals surface area contributed by atoms with E-state index in [-0.39, 0.29) is 17.7 Å². The highest BCUT2D eigenvalue weighted by Crippen LogP contribution is 2.45. The van der Waals surface area contributed by atoms with Crippen molar-refractivity contribution in [2.45, 2.75) is 24.8 Å². The molecule has 1 aliphatic heterocycles. The smallest absolute Gasteiger partial charge is 0.163 e. The Kier molecular flexibility index (Phi) is 4.17. The standard InChI is InChI=1S/C27H23N3O/c31-25-15-18(17-8-2-1-3-9-17)14-24-26(25)27(30-23-13-7-6-12-22(23)29-24)20-16-28-21-11-5-4-10-19(20)21/h1-13,16,18,27-30H,14-15H2/t18-,27-/m0/s1. The quantitative estimate of drug-likeness (QED) is 0.375. The summed E-state index contributed by atoms with van der Waals surface area (Å²) in [5, 5.41) is 8.44. The van der Waals surface area contributed by atoms with Crippen molar-refractivity contribution >= 4 is 28.1 Å². The molecule has 0 spiro atoms. The van der Waals surface area contributed by atoms with Crippen molar-refractivity contribution in [3.63, 3.8) is 0 Å². The van der Waals surface area contributed by atoms with Gasteiger partial charge in [0.15, 0.2) is 5.78 Å². The van der Waals surface area contributed by atoms with Crippen molar-refractivity contribution < 1.29 is 4.79 Å². The zero-order valence-electron chi connectivity index (χ0n) is 17.1. The maximum Gasteiger partial charge on any atom is 0.163 e. The van der Waals surface area contributed by atoms with Gasteiger partial charge in [-0.15, -0.1) is 0 Å². The highest BCUT2D eigenvalue weighted by atomic mass is 16.1. The van der Waals surface area contributed by atoms with Crippen LogP contribution in [0.5, 0.6) is 0 Å². The Morgan fingerprint density at radius 3 is 2.39 bits per heavy atom. The maximum absolute atomic E-state index is 13.6. The number of ketones is 1. The van der Waals surface area contributed by atoms with Crippen LogP contribution in [0.15, 0.2) is 96.3 Å². The molecule has 2 atom stereocenters. The van der Waals surface area contributed by atoms with Gasteiger partial charge in [-0.3, -0.25) is 4.79 Å². The second-order valence-corrected chi connectivity index (χ2v) is 8.37. The fraction of sp³-hybridized carbons (Fsp3) is 0.148. The van der Waals surface area contributed by atoms with Crippen molar-refractivity contribution in [3.05, 3.63) is 107 Å². The summed E-state index contributed by atoms with van der Waals surface area (Å²) >= 11 is 0. The van der Waals surface area contributed by atoms with E-state index in [0.29, 0.717) is 6.42 Å². The SMILES string of the molecule is O=C1C[C@@H](c2ccccc2)CC2=C1[C@H](c1c[nH]c3ccccc13)Nc1ccccc1N2. The van der Waals surface area contributed by atoms with E-state index in [9.17, 15) is 4.79 Å². The lowest BCUT2D eigenvalue weighted by Gasteiger charge is -2.29. The molecule has 4 nitrogen and oxygen atoms in total. The molecular weight excluding hydrogens is 382 g/mol. The van der Waals surface area contributed by atoms with Crippen LogP contribution in [-0.4, -0.2) is 10.8 Å². The predicted molar refractivity (Wildman–Crippen MR) is 125 cm³/mol. The number of Topliss-reactive ketones (excluding diaryl/α,β-unsaturated/α-hetero) is 1. The third-order valence-corrected chi connectivity index (χ3v) is 6.51. The second kappa shape index (κ2) is 7.17. The average Bonchev–Trinajstić information content (AvgIpc) is 3.15. The number of allylic oxidation sites excluding steroid dienone is 1. The molecule has 0 bridgehead atoms. The summed E-state index contributed by atoms with van der Waals surface area (Å²) < 4.78 is 0. The van der Waals surface area contributed by atoms with Crippen molar-refractivity contribution in [2.24, 2.45) is 0 Å². The Labute approximate surface area is 181 Å². The minimum absolute atomic E-state index is 0.189. The Balaban J connectivity index is 1.51. The Morgan fingerprint density at radius 2 is 1.52 bits per heavy atom. The minimum Gasteiger partial charge on any atom is -0.372 e. The van der Waals surface area contributed by atoms with Gasteiger partial charge in [0.05, 0.1) is 17.4 Å². The van der Waals surface area contributed by atoms with Gasteiger partial charge < -0.3 is 15.6 Å². The minimum atomic E-state index is -0.202. The number of anilines is 2. The average molecular weight is 406 g/mol. The molecule has 3 aromatic carbocycles. The highest BCUT2D eigenvalue weighted by Gasteiger charge is 2.36. The van der Waals surface area contributed by atoms with Crippen molar-refractivity contribution in [2.75, 3.05) is 10.6 Å². The molecule has 2 aliphatic rings. The van der Waals surface area contributed by atoms with Gasteiger partial charge in [0.25, 0.3) is 0 Å². The normalized spacial score (nSPS) is 20.5. The summed E-state index contributed by atoms with van der Waals surface area (Å²) in [6.45, 7) is 0. The lowest BCUT2D eigenvalue weighted by Crippen LogP contribution is -2.26. The molecule has 4 heteroatoms. The molecule has 0 saturated carbocycles. The van der Waals surface area contributed by atoms with E-state index in [1.807, 2.05) is 36.5 Å². The van der Waals surface area contributed by atoms with Crippen LogP contribution in [0.1, 0.15) is 35.9 Å².